The van der Waals surface area contributed by atoms with Crippen LogP contribution in [0.2, 0.25) is 0 Å². The van der Waals surface area contributed by atoms with Crippen molar-refractivity contribution in [1.82, 2.24) is 15.6 Å². The van der Waals surface area contributed by atoms with Crippen LogP contribution in [0.4, 0.5) is 0 Å². The molecule has 136 valence electrons. The van der Waals surface area contributed by atoms with Gasteiger partial charge in [0, 0.05) is 25.1 Å². The quantitative estimate of drug-likeness (QED) is 0.404. The van der Waals surface area contributed by atoms with E-state index in [4.69, 9.17) is 4.74 Å². The molecule has 24 heavy (non-hydrogen) atoms. The number of thiazole rings is 1. The first-order chi connectivity index (χ1) is 11.7. The highest BCUT2D eigenvalue weighted by Gasteiger charge is 2.14. The van der Waals surface area contributed by atoms with Crippen molar-refractivity contribution < 1.29 is 4.74 Å². The molecule has 1 saturated carbocycles. The van der Waals surface area contributed by atoms with E-state index in [1.165, 1.54) is 25.7 Å². The Bertz CT molecular complexity index is 495. The third kappa shape index (κ3) is 6.77. The van der Waals surface area contributed by atoms with Crippen molar-refractivity contribution in [2.75, 3.05) is 19.7 Å². The highest BCUT2D eigenvalue weighted by molar-refractivity contribution is 7.09. The van der Waals surface area contributed by atoms with Gasteiger partial charge in [-0.25, -0.2) is 9.98 Å². The lowest BCUT2D eigenvalue weighted by Crippen LogP contribution is -2.38. The van der Waals surface area contributed by atoms with Gasteiger partial charge in [-0.15, -0.1) is 11.3 Å². The minimum atomic E-state index is 0.477. The Morgan fingerprint density at radius 1 is 1.38 bits per heavy atom. The Kier molecular flexibility index (Phi) is 8.53. The SMILES string of the molecule is CCNC(=NCc1nc(C(C)C)cs1)NCCCOC1CCCC1. The summed E-state index contributed by atoms with van der Waals surface area (Å²) in [5, 5.41) is 9.88. The minimum absolute atomic E-state index is 0.477. The zero-order valence-corrected chi connectivity index (χ0v) is 16.1. The molecule has 0 atom stereocenters. The molecule has 1 aliphatic rings. The summed E-state index contributed by atoms with van der Waals surface area (Å²) < 4.78 is 5.89. The molecule has 1 heterocycles. The molecule has 2 rings (SSSR count). The average molecular weight is 353 g/mol. The van der Waals surface area contributed by atoms with E-state index in [9.17, 15) is 0 Å². The van der Waals surface area contributed by atoms with Crippen molar-refractivity contribution in [3.8, 4) is 0 Å². The summed E-state index contributed by atoms with van der Waals surface area (Å²) in [4.78, 5) is 9.26. The predicted molar refractivity (Wildman–Crippen MR) is 102 cm³/mol. The highest BCUT2D eigenvalue weighted by atomic mass is 32.1. The molecule has 2 N–H and O–H groups in total. The molecule has 0 radical (unpaired) electrons. The summed E-state index contributed by atoms with van der Waals surface area (Å²) in [7, 11) is 0. The number of aromatic nitrogens is 1. The van der Waals surface area contributed by atoms with E-state index in [1.807, 2.05) is 0 Å². The lowest BCUT2D eigenvalue weighted by molar-refractivity contribution is 0.0574. The van der Waals surface area contributed by atoms with Gasteiger partial charge in [0.1, 0.15) is 5.01 Å². The summed E-state index contributed by atoms with van der Waals surface area (Å²) in [5.41, 5.74) is 1.16. The molecule has 0 amide bonds. The number of hydrogen-bond acceptors (Lipinski definition) is 4. The van der Waals surface area contributed by atoms with Crippen LogP contribution in [0, 0.1) is 0 Å². The second-order valence-corrected chi connectivity index (χ2v) is 7.52. The van der Waals surface area contributed by atoms with E-state index in [-0.39, 0.29) is 0 Å². The Labute approximate surface area is 150 Å². The van der Waals surface area contributed by atoms with Gasteiger partial charge in [-0.1, -0.05) is 26.7 Å². The molecule has 1 aliphatic carbocycles. The van der Waals surface area contributed by atoms with Crippen LogP contribution in [0.25, 0.3) is 0 Å². The van der Waals surface area contributed by atoms with Crippen LogP contribution in [-0.4, -0.2) is 36.7 Å². The fraction of sp³-hybridized carbons (Fsp3) is 0.778. The summed E-state index contributed by atoms with van der Waals surface area (Å²) >= 11 is 1.69. The fourth-order valence-corrected chi connectivity index (χ4v) is 3.61. The first kappa shape index (κ1) is 19.2. The van der Waals surface area contributed by atoms with Gasteiger partial charge in [-0.05, 0) is 32.1 Å². The second-order valence-electron chi connectivity index (χ2n) is 6.57. The van der Waals surface area contributed by atoms with Crippen molar-refractivity contribution in [3.05, 3.63) is 16.1 Å². The number of ether oxygens (including phenoxy) is 1. The van der Waals surface area contributed by atoms with E-state index < -0.39 is 0 Å². The topological polar surface area (TPSA) is 58.5 Å². The maximum atomic E-state index is 5.89. The largest absolute Gasteiger partial charge is 0.378 e. The zero-order chi connectivity index (χ0) is 17.2. The van der Waals surface area contributed by atoms with Gasteiger partial charge in [-0.2, -0.15) is 0 Å². The smallest absolute Gasteiger partial charge is 0.191 e. The molecular formula is C18H32N4OS. The first-order valence-corrected chi connectivity index (χ1v) is 10.1. The molecule has 6 heteroatoms. The van der Waals surface area contributed by atoms with E-state index in [2.05, 4.69) is 46.8 Å². The Morgan fingerprint density at radius 2 is 2.17 bits per heavy atom. The highest BCUT2D eigenvalue weighted by Crippen LogP contribution is 2.20. The fourth-order valence-electron chi connectivity index (χ4n) is 2.74. The Balaban J connectivity index is 1.69. The monoisotopic (exact) mass is 352 g/mol. The van der Waals surface area contributed by atoms with Gasteiger partial charge in [0.05, 0.1) is 18.3 Å². The maximum absolute atomic E-state index is 5.89. The van der Waals surface area contributed by atoms with Crippen LogP contribution >= 0.6 is 11.3 Å². The van der Waals surface area contributed by atoms with Crippen LogP contribution in [0.5, 0.6) is 0 Å². The number of guanidine groups is 1. The zero-order valence-electron chi connectivity index (χ0n) is 15.3. The molecule has 1 aromatic rings. The summed E-state index contributed by atoms with van der Waals surface area (Å²) in [6, 6.07) is 0. The molecule has 5 nitrogen and oxygen atoms in total. The van der Waals surface area contributed by atoms with Crippen LogP contribution in [-0.2, 0) is 11.3 Å². The van der Waals surface area contributed by atoms with E-state index in [1.54, 1.807) is 11.3 Å². The molecule has 0 bridgehead atoms. The first-order valence-electron chi connectivity index (χ1n) is 9.27. The molecular weight excluding hydrogens is 320 g/mol. The molecule has 1 fully saturated rings. The number of aliphatic imine (C=N–C) groups is 1. The summed E-state index contributed by atoms with van der Waals surface area (Å²) in [6.45, 7) is 9.63. The minimum Gasteiger partial charge on any atom is -0.378 e. The van der Waals surface area contributed by atoms with E-state index in [0.717, 1.165) is 42.8 Å². The van der Waals surface area contributed by atoms with Crippen molar-refractivity contribution in [1.29, 1.82) is 0 Å². The standard InChI is InChI=1S/C18H32N4OS/c1-4-19-18(20-10-7-11-23-15-8-5-6-9-15)21-12-17-22-16(13-24-17)14(2)3/h13-15H,4-12H2,1-3H3,(H2,19,20,21). The third-order valence-corrected chi connectivity index (χ3v) is 5.00. The predicted octanol–water partition coefficient (Wildman–Crippen LogP) is 3.67. The van der Waals surface area contributed by atoms with Crippen molar-refractivity contribution in [3.63, 3.8) is 0 Å². The molecule has 0 saturated heterocycles. The van der Waals surface area contributed by atoms with Gasteiger partial charge in [-0.3, -0.25) is 0 Å². The van der Waals surface area contributed by atoms with Crippen LogP contribution in [0.1, 0.15) is 69.5 Å². The maximum Gasteiger partial charge on any atom is 0.191 e. The third-order valence-electron chi connectivity index (χ3n) is 4.15. The summed E-state index contributed by atoms with van der Waals surface area (Å²) in [5.74, 6) is 1.34. The number of nitrogens with one attached hydrogen (secondary N) is 2. The number of rotatable bonds is 9. The van der Waals surface area contributed by atoms with Crippen molar-refractivity contribution in [2.24, 2.45) is 4.99 Å². The normalized spacial score (nSPS) is 16.1. The lowest BCUT2D eigenvalue weighted by atomic mass is 10.2. The summed E-state index contributed by atoms with van der Waals surface area (Å²) in [6.07, 6.45) is 6.65. The van der Waals surface area contributed by atoms with Gasteiger partial charge < -0.3 is 15.4 Å². The molecule has 0 aliphatic heterocycles. The van der Waals surface area contributed by atoms with Crippen molar-refractivity contribution >= 4 is 17.3 Å². The van der Waals surface area contributed by atoms with Gasteiger partial charge in [0.2, 0.25) is 0 Å². The number of hydrogen-bond donors (Lipinski definition) is 2. The van der Waals surface area contributed by atoms with Crippen LogP contribution in [0.15, 0.2) is 10.4 Å². The van der Waals surface area contributed by atoms with Gasteiger partial charge in [0.25, 0.3) is 0 Å². The molecule has 1 aromatic heterocycles. The van der Waals surface area contributed by atoms with Crippen LogP contribution < -0.4 is 10.6 Å². The second kappa shape index (κ2) is 10.7. The number of nitrogens with zero attached hydrogens (tertiary/aromatic N) is 2. The van der Waals surface area contributed by atoms with E-state index >= 15 is 0 Å². The van der Waals surface area contributed by atoms with Crippen molar-refractivity contribution in [2.45, 2.75) is 71.4 Å². The van der Waals surface area contributed by atoms with Gasteiger partial charge in [0.15, 0.2) is 5.96 Å². The lowest BCUT2D eigenvalue weighted by Gasteiger charge is -2.13. The van der Waals surface area contributed by atoms with Gasteiger partial charge >= 0.3 is 0 Å². The van der Waals surface area contributed by atoms with E-state index in [0.29, 0.717) is 18.6 Å². The van der Waals surface area contributed by atoms with Crippen LogP contribution in [0.3, 0.4) is 0 Å². The molecule has 0 spiro atoms. The Hall–Kier alpha value is -1.14. The molecule has 0 unspecified atom stereocenters. The average Bonchev–Trinajstić information content (AvgIpc) is 3.23. The molecule has 0 aromatic carbocycles. The Morgan fingerprint density at radius 3 is 2.83 bits per heavy atom.